The molecule has 6 rings (SSSR count). The molecule has 0 saturated heterocycles. The molecule has 0 aliphatic heterocycles. The van der Waals surface area contributed by atoms with Crippen molar-refractivity contribution >= 4 is 21.8 Å². The molecule has 0 saturated carbocycles. The Morgan fingerprint density at radius 2 is 1.62 bits per heavy atom. The number of hydrogen-bond acceptors (Lipinski definition) is 3. The number of benzene rings is 3. The van der Waals surface area contributed by atoms with Crippen LogP contribution < -0.4 is 4.74 Å². The summed E-state index contributed by atoms with van der Waals surface area (Å²) in [4.78, 5) is 9.19. The second kappa shape index (κ2) is 10.7. The number of hydrogen-bond donors (Lipinski definition) is 0. The van der Waals surface area contributed by atoms with Crippen LogP contribution in [-0.4, -0.2) is 14.5 Å². The zero-order valence-electron chi connectivity index (χ0n) is 20.6. The molecule has 0 spiro atoms. The van der Waals surface area contributed by atoms with Crippen LogP contribution in [0.3, 0.4) is 0 Å². The van der Waals surface area contributed by atoms with Crippen molar-refractivity contribution in [1.82, 2.24) is 14.5 Å². The molecule has 0 atom stereocenters. The molecule has 0 fully saturated rings. The number of aryl methyl sites for hydroxylation is 2. The minimum atomic E-state index is 0. The number of aromatic nitrogens is 3. The van der Waals surface area contributed by atoms with E-state index >= 15 is 0 Å². The van der Waals surface area contributed by atoms with E-state index in [0.717, 1.165) is 46.2 Å². The summed E-state index contributed by atoms with van der Waals surface area (Å²) in [6.45, 7) is 4.35. The van der Waals surface area contributed by atoms with Gasteiger partial charge in [0.2, 0.25) is 5.88 Å². The van der Waals surface area contributed by atoms with Gasteiger partial charge in [0, 0.05) is 29.7 Å². The largest absolute Gasteiger partial charge is 2.00 e. The van der Waals surface area contributed by atoms with Gasteiger partial charge < -0.3 is 9.30 Å². The molecular weight excluding hydrogens is 637 g/mol. The van der Waals surface area contributed by atoms with Crippen molar-refractivity contribution in [2.24, 2.45) is 0 Å². The van der Waals surface area contributed by atoms with E-state index in [-0.39, 0.29) is 21.1 Å². The summed E-state index contributed by atoms with van der Waals surface area (Å²) in [5, 5.41) is 2.34. The van der Waals surface area contributed by atoms with Gasteiger partial charge in [0.1, 0.15) is 5.82 Å². The fourth-order valence-corrected chi connectivity index (χ4v) is 4.66. The van der Waals surface area contributed by atoms with Crippen molar-refractivity contribution in [3.63, 3.8) is 0 Å². The Balaban J connectivity index is 0.00000280. The third-order valence-corrected chi connectivity index (χ3v) is 6.49. The van der Waals surface area contributed by atoms with Crippen molar-refractivity contribution < 1.29 is 25.8 Å². The average Bonchev–Trinajstić information content (AvgIpc) is 3.27. The fourth-order valence-electron chi connectivity index (χ4n) is 4.66. The summed E-state index contributed by atoms with van der Waals surface area (Å²) in [5.41, 5.74) is 6.47. The Morgan fingerprint density at radius 3 is 2.43 bits per heavy atom. The van der Waals surface area contributed by atoms with E-state index in [2.05, 4.69) is 78.0 Å². The van der Waals surface area contributed by atoms with Gasteiger partial charge in [-0.05, 0) is 47.0 Å². The maximum absolute atomic E-state index is 5.93. The third kappa shape index (κ3) is 4.70. The quantitative estimate of drug-likeness (QED) is 0.171. The van der Waals surface area contributed by atoms with Gasteiger partial charge in [-0.25, -0.2) is 21.1 Å². The number of para-hydroxylation sites is 1. The standard InChI is InChI=1S/C32H25N3O.Pt/c1-3-22-18-23(4-2)32(34-21-22)35-29-13-6-5-12-27(29)28-16-15-25(20-30(28)35)24-10-9-11-26(19-24)36-31-14-7-8-17-33-31;/h5-18,21H,3-4H2,1-2H3;/q-2;+2. The van der Waals surface area contributed by atoms with Crippen LogP contribution in [0.4, 0.5) is 0 Å². The van der Waals surface area contributed by atoms with Crippen molar-refractivity contribution in [3.8, 4) is 28.6 Å². The van der Waals surface area contributed by atoms with Gasteiger partial charge in [0.25, 0.3) is 0 Å². The third-order valence-electron chi connectivity index (χ3n) is 6.49. The predicted molar refractivity (Wildman–Crippen MR) is 145 cm³/mol. The molecule has 3 aromatic heterocycles. The average molecular weight is 663 g/mol. The monoisotopic (exact) mass is 662 g/mol. The SMILES string of the molecule is CCc1cnc(-n2c3[c-]c(-c4[c-]c(Oc5ccccn5)ccc4)ccc3c3ccccc32)c(CC)c1.[Pt+2]. The summed E-state index contributed by atoms with van der Waals surface area (Å²) < 4.78 is 8.18. The number of pyridine rings is 2. The summed E-state index contributed by atoms with van der Waals surface area (Å²) in [6.07, 6.45) is 5.58. The first-order valence-corrected chi connectivity index (χ1v) is 12.3. The van der Waals surface area contributed by atoms with Crippen LogP contribution in [0.5, 0.6) is 11.6 Å². The maximum Gasteiger partial charge on any atom is 2.00 e. The van der Waals surface area contributed by atoms with Crippen molar-refractivity contribution in [3.05, 3.63) is 115 Å². The second-order valence-corrected chi connectivity index (χ2v) is 8.72. The molecule has 3 aromatic carbocycles. The Morgan fingerprint density at radius 1 is 0.784 bits per heavy atom. The number of ether oxygens (including phenoxy) is 1. The Hall–Kier alpha value is -3.75. The van der Waals surface area contributed by atoms with E-state index < -0.39 is 0 Å². The summed E-state index contributed by atoms with van der Waals surface area (Å²) in [7, 11) is 0. The van der Waals surface area contributed by atoms with Crippen LogP contribution in [0.1, 0.15) is 25.0 Å². The topological polar surface area (TPSA) is 39.9 Å². The Bertz CT molecular complexity index is 1690. The molecule has 3 heterocycles. The molecule has 0 amide bonds. The number of rotatable bonds is 6. The molecule has 0 unspecified atom stereocenters. The van der Waals surface area contributed by atoms with Gasteiger partial charge in [0.05, 0.1) is 0 Å². The molecule has 6 aromatic rings. The van der Waals surface area contributed by atoms with Crippen molar-refractivity contribution in [1.29, 1.82) is 0 Å². The predicted octanol–water partition coefficient (Wildman–Crippen LogP) is 7.76. The fraction of sp³-hybridized carbons (Fsp3) is 0.125. The van der Waals surface area contributed by atoms with E-state index in [0.29, 0.717) is 11.6 Å². The van der Waals surface area contributed by atoms with E-state index in [4.69, 9.17) is 9.72 Å². The first kappa shape index (κ1) is 24.9. The van der Waals surface area contributed by atoms with E-state index in [1.165, 1.54) is 16.5 Å². The van der Waals surface area contributed by atoms with Gasteiger partial charge in [-0.1, -0.05) is 49.6 Å². The molecule has 37 heavy (non-hydrogen) atoms. The smallest absolute Gasteiger partial charge is 0.460 e. The first-order chi connectivity index (χ1) is 17.7. The number of nitrogens with zero attached hydrogens (tertiary/aromatic N) is 3. The van der Waals surface area contributed by atoms with Crippen LogP contribution in [0.25, 0.3) is 38.8 Å². The van der Waals surface area contributed by atoms with E-state index in [9.17, 15) is 0 Å². The Labute approximate surface area is 231 Å². The minimum absolute atomic E-state index is 0. The normalized spacial score (nSPS) is 11.0. The van der Waals surface area contributed by atoms with Crippen LogP contribution in [0.15, 0.2) is 91.3 Å². The molecule has 184 valence electrons. The zero-order chi connectivity index (χ0) is 24.5. The van der Waals surface area contributed by atoms with Gasteiger partial charge in [-0.3, -0.25) is 0 Å². The van der Waals surface area contributed by atoms with Gasteiger partial charge in [-0.15, -0.1) is 18.2 Å². The van der Waals surface area contributed by atoms with Crippen LogP contribution >= 0.6 is 0 Å². The molecule has 0 bridgehead atoms. The second-order valence-electron chi connectivity index (χ2n) is 8.72. The minimum Gasteiger partial charge on any atom is -0.460 e. The molecule has 0 aliphatic rings. The van der Waals surface area contributed by atoms with Crippen molar-refractivity contribution in [2.75, 3.05) is 0 Å². The van der Waals surface area contributed by atoms with E-state index in [1.54, 1.807) is 6.20 Å². The molecule has 0 aliphatic carbocycles. The van der Waals surface area contributed by atoms with Crippen LogP contribution in [0.2, 0.25) is 0 Å². The van der Waals surface area contributed by atoms with Crippen molar-refractivity contribution in [2.45, 2.75) is 26.7 Å². The first-order valence-electron chi connectivity index (χ1n) is 12.3. The summed E-state index contributed by atoms with van der Waals surface area (Å²) in [5.74, 6) is 2.12. The van der Waals surface area contributed by atoms with Gasteiger partial charge in [-0.2, -0.15) is 24.3 Å². The van der Waals surface area contributed by atoms with Crippen LogP contribution in [-0.2, 0) is 33.9 Å². The van der Waals surface area contributed by atoms with Crippen LogP contribution in [0, 0.1) is 12.1 Å². The molecule has 5 heteroatoms. The number of fused-ring (bicyclic) bond motifs is 3. The molecule has 0 radical (unpaired) electrons. The molecule has 4 nitrogen and oxygen atoms in total. The van der Waals surface area contributed by atoms with E-state index in [1.807, 2.05) is 42.6 Å². The molecular formula is C32H25N3OPt. The zero-order valence-corrected chi connectivity index (χ0v) is 22.9. The summed E-state index contributed by atoms with van der Waals surface area (Å²) >= 11 is 0. The maximum atomic E-state index is 5.93. The van der Waals surface area contributed by atoms with Gasteiger partial charge in [0.15, 0.2) is 0 Å². The van der Waals surface area contributed by atoms with Gasteiger partial charge >= 0.3 is 21.1 Å². The Kier molecular flexibility index (Phi) is 7.21. The summed E-state index contributed by atoms with van der Waals surface area (Å²) in [6, 6.07) is 33.6. The molecule has 0 N–H and O–H groups in total.